The van der Waals surface area contributed by atoms with Crippen molar-refractivity contribution in [2.75, 3.05) is 24.6 Å². The van der Waals surface area contributed by atoms with Crippen LogP contribution in [0.4, 0.5) is 5.82 Å². The zero-order valence-electron chi connectivity index (χ0n) is 12.7. The molecule has 2 rings (SSSR count). The van der Waals surface area contributed by atoms with Crippen molar-refractivity contribution in [3.63, 3.8) is 0 Å². The van der Waals surface area contributed by atoms with Gasteiger partial charge in [0.25, 0.3) is 0 Å². The number of aryl methyl sites for hydroxylation is 2. The van der Waals surface area contributed by atoms with Crippen molar-refractivity contribution in [3.05, 3.63) is 22.9 Å². The molecule has 1 aromatic heterocycles. The van der Waals surface area contributed by atoms with Gasteiger partial charge in [0.2, 0.25) is 0 Å². The molecule has 0 spiro atoms. The summed E-state index contributed by atoms with van der Waals surface area (Å²) in [6.45, 7) is 4.83. The number of fused-ring (bicyclic) bond motifs is 1. The number of aromatic nitrogens is 1. The van der Waals surface area contributed by atoms with Crippen molar-refractivity contribution in [1.82, 2.24) is 4.98 Å². The molecule has 1 aromatic rings. The fraction of sp³-hybridized carbons (Fsp3) is 0.562. The number of nitrogens with zero attached hydrogens (tertiary/aromatic N) is 3. The Bertz CT molecular complexity index is 563. The first-order valence-corrected chi connectivity index (χ1v) is 7.53. The molecule has 0 fully saturated rings. The van der Waals surface area contributed by atoms with Gasteiger partial charge in [0.05, 0.1) is 12.2 Å². The van der Waals surface area contributed by atoms with Gasteiger partial charge in [-0.2, -0.15) is 5.26 Å². The molecule has 0 radical (unpaired) electrons. The van der Waals surface area contributed by atoms with Crippen molar-refractivity contribution in [2.45, 2.75) is 39.5 Å². The highest BCUT2D eigenvalue weighted by Gasteiger charge is 2.20. The summed E-state index contributed by atoms with van der Waals surface area (Å²) in [5, 5.41) is 9.37. The maximum atomic E-state index is 11.7. The minimum Gasteiger partial charge on any atom is -0.465 e. The molecule has 0 atom stereocenters. The number of likely N-dealkylation sites (N-methyl/N-ethyl adjacent to an activating group) is 1. The van der Waals surface area contributed by atoms with Gasteiger partial charge < -0.3 is 9.64 Å². The van der Waals surface area contributed by atoms with Gasteiger partial charge in [0, 0.05) is 12.2 Å². The van der Waals surface area contributed by atoms with Crippen LogP contribution in [-0.4, -0.2) is 30.6 Å². The van der Waals surface area contributed by atoms with Gasteiger partial charge >= 0.3 is 5.97 Å². The minimum atomic E-state index is -0.289. The van der Waals surface area contributed by atoms with Crippen molar-refractivity contribution < 1.29 is 9.53 Å². The summed E-state index contributed by atoms with van der Waals surface area (Å²) in [5.41, 5.74) is 2.79. The summed E-state index contributed by atoms with van der Waals surface area (Å²) in [6.07, 6.45) is 4.22. The Balaban J connectivity index is 2.31. The van der Waals surface area contributed by atoms with E-state index >= 15 is 0 Å². The molecule has 5 nitrogen and oxygen atoms in total. The van der Waals surface area contributed by atoms with E-state index in [2.05, 4.69) is 11.1 Å². The Kier molecular flexibility index (Phi) is 5.15. The topological polar surface area (TPSA) is 66.2 Å². The van der Waals surface area contributed by atoms with Crippen LogP contribution < -0.4 is 4.90 Å². The number of hydrogen-bond donors (Lipinski definition) is 0. The molecule has 0 N–H and O–H groups in total. The van der Waals surface area contributed by atoms with E-state index < -0.39 is 0 Å². The second-order valence-corrected chi connectivity index (χ2v) is 5.10. The average molecular weight is 287 g/mol. The molecule has 1 aliphatic rings. The standard InChI is InChI=1S/C16H21N3O2/c1-3-19(11-15(20)21-4-2)16-13(10-17)9-12-7-5-6-8-14(12)18-16/h9H,3-8,11H2,1-2H3. The Morgan fingerprint density at radius 2 is 2.19 bits per heavy atom. The molecule has 21 heavy (non-hydrogen) atoms. The molecule has 0 bridgehead atoms. The Labute approximate surface area is 125 Å². The molecule has 0 aliphatic heterocycles. The Hall–Kier alpha value is -2.09. The van der Waals surface area contributed by atoms with Gasteiger partial charge in [-0.1, -0.05) is 0 Å². The zero-order valence-corrected chi connectivity index (χ0v) is 12.7. The van der Waals surface area contributed by atoms with Crippen LogP contribution in [0, 0.1) is 11.3 Å². The SMILES string of the molecule is CCOC(=O)CN(CC)c1nc2c(cc1C#N)CCCC2. The number of rotatable bonds is 5. The lowest BCUT2D eigenvalue weighted by molar-refractivity contribution is -0.141. The second kappa shape index (κ2) is 7.07. The van der Waals surface area contributed by atoms with Crippen molar-refractivity contribution in [1.29, 1.82) is 5.26 Å². The first kappa shape index (κ1) is 15.3. The third-order valence-corrected chi connectivity index (χ3v) is 3.71. The molecular weight excluding hydrogens is 266 g/mol. The van der Waals surface area contributed by atoms with E-state index in [1.165, 1.54) is 5.56 Å². The third-order valence-electron chi connectivity index (χ3n) is 3.71. The zero-order chi connectivity index (χ0) is 15.2. The number of nitriles is 1. The van der Waals surface area contributed by atoms with Crippen LogP contribution in [0.25, 0.3) is 0 Å². The van der Waals surface area contributed by atoms with E-state index in [1.807, 2.05) is 17.9 Å². The van der Waals surface area contributed by atoms with Crippen LogP contribution in [0.15, 0.2) is 6.07 Å². The maximum Gasteiger partial charge on any atom is 0.325 e. The molecule has 0 aromatic carbocycles. The third kappa shape index (κ3) is 3.52. The number of anilines is 1. The highest BCUT2D eigenvalue weighted by molar-refractivity contribution is 5.76. The van der Waals surface area contributed by atoms with E-state index in [4.69, 9.17) is 4.74 Å². The van der Waals surface area contributed by atoms with Crippen LogP contribution in [0.3, 0.4) is 0 Å². The lowest BCUT2D eigenvalue weighted by Crippen LogP contribution is -2.32. The van der Waals surface area contributed by atoms with Gasteiger partial charge in [0.15, 0.2) is 0 Å². The number of esters is 1. The van der Waals surface area contributed by atoms with Crippen LogP contribution in [-0.2, 0) is 22.4 Å². The van der Waals surface area contributed by atoms with E-state index in [1.54, 1.807) is 6.92 Å². The fourth-order valence-corrected chi connectivity index (χ4v) is 2.65. The number of ether oxygens (including phenoxy) is 1. The monoisotopic (exact) mass is 287 g/mol. The van der Waals surface area contributed by atoms with Crippen molar-refractivity contribution in [3.8, 4) is 6.07 Å². The van der Waals surface area contributed by atoms with Crippen LogP contribution >= 0.6 is 0 Å². The first-order chi connectivity index (χ1) is 10.2. The lowest BCUT2D eigenvalue weighted by atomic mass is 9.95. The number of pyridine rings is 1. The van der Waals surface area contributed by atoms with Crippen molar-refractivity contribution in [2.24, 2.45) is 0 Å². The normalized spacial score (nSPS) is 13.2. The molecule has 5 heteroatoms. The number of carbonyl (C=O) groups excluding carboxylic acids is 1. The smallest absolute Gasteiger partial charge is 0.325 e. The fourth-order valence-electron chi connectivity index (χ4n) is 2.65. The van der Waals surface area contributed by atoms with E-state index in [9.17, 15) is 10.1 Å². The predicted molar refractivity (Wildman–Crippen MR) is 80.1 cm³/mol. The summed E-state index contributed by atoms with van der Waals surface area (Å²) in [6, 6.07) is 4.14. The van der Waals surface area contributed by atoms with Gasteiger partial charge in [-0.3, -0.25) is 4.79 Å². The van der Waals surface area contributed by atoms with Gasteiger partial charge in [-0.25, -0.2) is 4.98 Å². The number of carbonyl (C=O) groups is 1. The second-order valence-electron chi connectivity index (χ2n) is 5.10. The largest absolute Gasteiger partial charge is 0.465 e. The molecule has 112 valence electrons. The van der Waals surface area contributed by atoms with Crippen LogP contribution in [0.5, 0.6) is 0 Å². The molecule has 1 aliphatic carbocycles. The minimum absolute atomic E-state index is 0.130. The highest BCUT2D eigenvalue weighted by Crippen LogP contribution is 2.26. The van der Waals surface area contributed by atoms with Crippen LogP contribution in [0.1, 0.15) is 43.5 Å². The Morgan fingerprint density at radius 3 is 2.86 bits per heavy atom. The van der Waals surface area contributed by atoms with Gasteiger partial charge in [-0.15, -0.1) is 0 Å². The summed E-state index contributed by atoms with van der Waals surface area (Å²) >= 11 is 0. The quantitative estimate of drug-likeness (QED) is 0.777. The Morgan fingerprint density at radius 1 is 1.43 bits per heavy atom. The van der Waals surface area contributed by atoms with Gasteiger partial charge in [-0.05, 0) is 51.2 Å². The number of hydrogen-bond acceptors (Lipinski definition) is 5. The maximum absolute atomic E-state index is 11.7. The molecule has 0 saturated carbocycles. The molecule has 0 amide bonds. The van der Waals surface area contributed by atoms with Crippen molar-refractivity contribution >= 4 is 11.8 Å². The highest BCUT2D eigenvalue weighted by atomic mass is 16.5. The average Bonchev–Trinajstić information content (AvgIpc) is 2.51. The summed E-state index contributed by atoms with van der Waals surface area (Å²) in [5.74, 6) is 0.316. The first-order valence-electron chi connectivity index (χ1n) is 7.53. The summed E-state index contributed by atoms with van der Waals surface area (Å²) in [7, 11) is 0. The molecule has 0 unspecified atom stereocenters. The lowest BCUT2D eigenvalue weighted by Gasteiger charge is -2.24. The predicted octanol–water partition coefficient (Wildman–Crippen LogP) is 2.22. The van der Waals surface area contributed by atoms with Crippen LogP contribution in [0.2, 0.25) is 0 Å². The summed E-state index contributed by atoms with van der Waals surface area (Å²) < 4.78 is 4.99. The molecule has 0 saturated heterocycles. The summed E-state index contributed by atoms with van der Waals surface area (Å²) in [4.78, 5) is 18.2. The molecule has 1 heterocycles. The van der Waals surface area contributed by atoms with E-state index in [0.29, 0.717) is 24.5 Å². The van der Waals surface area contributed by atoms with E-state index in [-0.39, 0.29) is 12.5 Å². The van der Waals surface area contributed by atoms with Gasteiger partial charge in [0.1, 0.15) is 18.4 Å². The molecular formula is C16H21N3O2. The van der Waals surface area contributed by atoms with E-state index in [0.717, 1.165) is 31.4 Å².